The molecule has 0 spiro atoms. The van der Waals surface area contributed by atoms with Crippen LogP contribution in [0.2, 0.25) is 0 Å². The number of nitrogens with one attached hydrogen (secondary N) is 1. The van der Waals surface area contributed by atoms with Crippen LogP contribution < -0.4 is 20.7 Å². The molecule has 0 radical (unpaired) electrons. The Morgan fingerprint density at radius 3 is 2.55 bits per heavy atom. The lowest BCUT2D eigenvalue weighted by Gasteiger charge is -2.34. The first-order chi connectivity index (χ1) is 18.4. The Morgan fingerprint density at radius 1 is 1.03 bits per heavy atom. The highest BCUT2D eigenvalue weighted by molar-refractivity contribution is 6.03. The van der Waals surface area contributed by atoms with Gasteiger partial charge in [0, 0.05) is 47.9 Å². The minimum Gasteiger partial charge on any atom is -0.497 e. The summed E-state index contributed by atoms with van der Waals surface area (Å²) < 4.78 is 39.3. The third kappa shape index (κ3) is 4.97. The zero-order chi connectivity index (χ0) is 26.8. The van der Waals surface area contributed by atoms with Crippen LogP contribution in [0.3, 0.4) is 0 Å². The summed E-state index contributed by atoms with van der Waals surface area (Å²) >= 11 is 0. The molecule has 7 nitrogen and oxygen atoms in total. The average Bonchev–Trinajstić information content (AvgIpc) is 2.93. The van der Waals surface area contributed by atoms with Gasteiger partial charge in [-0.2, -0.15) is 0 Å². The van der Waals surface area contributed by atoms with Crippen LogP contribution in [0, 0.1) is 11.6 Å². The number of fused-ring (bicyclic) bond motifs is 1. The van der Waals surface area contributed by atoms with E-state index in [1.54, 1.807) is 24.4 Å². The van der Waals surface area contributed by atoms with Crippen molar-refractivity contribution in [1.29, 1.82) is 0 Å². The molecule has 1 amide bonds. The number of carbonyl (C=O) groups is 1. The molecule has 1 fully saturated rings. The van der Waals surface area contributed by atoms with Crippen molar-refractivity contribution in [2.24, 2.45) is 5.73 Å². The molecule has 0 saturated carbocycles. The number of pyridine rings is 1. The Labute approximate surface area is 219 Å². The van der Waals surface area contributed by atoms with E-state index in [1.807, 2.05) is 18.2 Å². The topological polar surface area (TPSA) is 89.7 Å². The summed E-state index contributed by atoms with van der Waals surface area (Å²) in [7, 11) is 2.71. The van der Waals surface area contributed by atoms with Gasteiger partial charge in [-0.1, -0.05) is 18.2 Å². The number of rotatable bonds is 5. The number of benzene rings is 3. The minimum atomic E-state index is -0.772. The number of nitrogens with two attached hydrogens (primary N) is 1. The third-order valence-electron chi connectivity index (χ3n) is 6.85. The number of ether oxygens (including phenoxy) is 2. The van der Waals surface area contributed by atoms with E-state index < -0.39 is 17.7 Å². The normalized spacial score (nSPS) is 14.0. The molecule has 0 unspecified atom stereocenters. The molecule has 196 valence electrons. The number of halogens is 2. The molecule has 0 atom stereocenters. The van der Waals surface area contributed by atoms with Crippen molar-refractivity contribution in [1.82, 2.24) is 4.98 Å². The molecule has 0 aliphatic carbocycles. The van der Waals surface area contributed by atoms with E-state index >= 15 is 0 Å². The number of anilines is 2. The van der Waals surface area contributed by atoms with E-state index in [0.29, 0.717) is 22.4 Å². The smallest absolute Gasteiger partial charge is 0.411 e. The highest BCUT2D eigenvalue weighted by atomic mass is 19.1. The molecule has 1 saturated heterocycles. The second kappa shape index (κ2) is 10.6. The van der Waals surface area contributed by atoms with E-state index in [1.165, 1.54) is 32.4 Å². The zero-order valence-electron chi connectivity index (χ0n) is 21.1. The molecule has 3 N–H and O–H groups in total. The van der Waals surface area contributed by atoms with Gasteiger partial charge < -0.3 is 20.1 Å². The summed E-state index contributed by atoms with van der Waals surface area (Å²) in [6.07, 6.45) is 2.59. The number of aromatic nitrogens is 1. The van der Waals surface area contributed by atoms with Gasteiger partial charge in [0.15, 0.2) is 0 Å². The molecule has 5 rings (SSSR count). The Kier molecular flexibility index (Phi) is 7.11. The Morgan fingerprint density at radius 2 is 1.82 bits per heavy atom. The summed E-state index contributed by atoms with van der Waals surface area (Å²) in [5, 5.41) is 3.29. The fourth-order valence-corrected chi connectivity index (χ4v) is 4.90. The van der Waals surface area contributed by atoms with E-state index in [-0.39, 0.29) is 11.7 Å². The molecule has 1 aliphatic rings. The van der Waals surface area contributed by atoms with Crippen molar-refractivity contribution in [3.8, 4) is 28.0 Å². The minimum absolute atomic E-state index is 0.0168. The lowest BCUT2D eigenvalue weighted by Crippen LogP contribution is -2.40. The van der Waals surface area contributed by atoms with E-state index in [4.69, 9.17) is 10.5 Å². The van der Waals surface area contributed by atoms with Gasteiger partial charge in [-0.3, -0.25) is 10.3 Å². The molecular weight excluding hydrogens is 490 g/mol. The van der Waals surface area contributed by atoms with E-state index in [2.05, 4.69) is 19.9 Å². The number of hydrogen-bond donors (Lipinski definition) is 2. The average molecular weight is 519 g/mol. The highest BCUT2D eigenvalue weighted by Gasteiger charge is 2.23. The summed E-state index contributed by atoms with van der Waals surface area (Å²) in [5.41, 5.74) is 10.4. The van der Waals surface area contributed by atoms with Crippen LogP contribution in [0.15, 0.2) is 60.8 Å². The largest absolute Gasteiger partial charge is 0.497 e. The van der Waals surface area contributed by atoms with Crippen molar-refractivity contribution in [2.75, 3.05) is 37.5 Å². The zero-order valence-corrected chi connectivity index (χ0v) is 21.1. The summed E-state index contributed by atoms with van der Waals surface area (Å²) in [6.45, 7) is 1.44. The van der Waals surface area contributed by atoms with Crippen molar-refractivity contribution < 1.29 is 23.0 Å². The maximum absolute atomic E-state index is 14.8. The van der Waals surface area contributed by atoms with Crippen molar-refractivity contribution >= 4 is 28.4 Å². The molecule has 4 aromatic rings. The van der Waals surface area contributed by atoms with Gasteiger partial charge in [0.05, 0.1) is 31.1 Å². The van der Waals surface area contributed by atoms with Crippen molar-refractivity contribution in [2.45, 2.75) is 18.9 Å². The summed E-state index contributed by atoms with van der Waals surface area (Å²) in [6, 6.07) is 14.9. The number of para-hydroxylation sites is 1. The predicted molar refractivity (Wildman–Crippen MR) is 145 cm³/mol. The Balaban J connectivity index is 1.73. The van der Waals surface area contributed by atoms with Crippen LogP contribution in [0.25, 0.3) is 33.2 Å². The molecular formula is C29H28F2N4O3. The molecule has 9 heteroatoms. The lowest BCUT2D eigenvalue weighted by atomic mass is 9.95. The van der Waals surface area contributed by atoms with Gasteiger partial charge in [0.1, 0.15) is 17.4 Å². The maximum Gasteiger partial charge on any atom is 0.411 e. The molecule has 3 aromatic carbocycles. The van der Waals surface area contributed by atoms with Crippen LogP contribution >= 0.6 is 0 Å². The molecule has 0 bridgehead atoms. The molecule has 1 aliphatic heterocycles. The van der Waals surface area contributed by atoms with Gasteiger partial charge in [-0.05, 0) is 54.3 Å². The van der Waals surface area contributed by atoms with Crippen LogP contribution in [-0.4, -0.2) is 44.4 Å². The number of methoxy groups -OCH3 is 2. The SMILES string of the molecule is COC(=O)Nc1c(F)cccc1-c1ccc2ncc(-c3cc(F)cc(OC)c3)c(N3CCC(N)CC3)c2c1. The second-order valence-electron chi connectivity index (χ2n) is 9.24. The number of carbonyl (C=O) groups excluding carboxylic acids is 1. The van der Waals surface area contributed by atoms with E-state index in [9.17, 15) is 13.6 Å². The van der Waals surface area contributed by atoms with Crippen molar-refractivity contribution in [3.05, 3.63) is 72.4 Å². The molecule has 2 heterocycles. The quantitative estimate of drug-likeness (QED) is 0.339. The predicted octanol–water partition coefficient (Wildman–Crippen LogP) is 5.96. The fourth-order valence-electron chi connectivity index (χ4n) is 4.90. The number of nitrogens with zero attached hydrogens (tertiary/aromatic N) is 2. The number of amides is 1. The van der Waals surface area contributed by atoms with Crippen LogP contribution in [0.4, 0.5) is 25.0 Å². The Bertz CT molecular complexity index is 1500. The van der Waals surface area contributed by atoms with Gasteiger partial charge in [0.2, 0.25) is 0 Å². The summed E-state index contributed by atoms with van der Waals surface area (Å²) in [4.78, 5) is 18.8. The van der Waals surface area contributed by atoms with Crippen LogP contribution in [0.1, 0.15) is 12.8 Å². The standard InChI is InChI=1S/C29H28F2N4O3/c1-37-21-13-18(12-19(30)15-21)24-16-33-26-7-6-17(14-23(26)28(24)35-10-8-20(32)9-11-35)22-4-3-5-25(31)27(22)34-29(36)38-2/h3-7,12-16,20H,8-11,32H2,1-2H3,(H,34,36). The highest BCUT2D eigenvalue weighted by Crippen LogP contribution is 2.41. The van der Waals surface area contributed by atoms with Gasteiger partial charge in [0.25, 0.3) is 0 Å². The number of piperidine rings is 1. The second-order valence-corrected chi connectivity index (χ2v) is 9.24. The lowest BCUT2D eigenvalue weighted by molar-refractivity contribution is 0.187. The summed E-state index contributed by atoms with van der Waals surface area (Å²) in [5.74, 6) is -0.603. The first-order valence-electron chi connectivity index (χ1n) is 12.3. The molecule has 1 aromatic heterocycles. The van der Waals surface area contributed by atoms with Crippen LogP contribution in [-0.2, 0) is 4.74 Å². The maximum atomic E-state index is 14.8. The Hall–Kier alpha value is -4.24. The number of hydrogen-bond acceptors (Lipinski definition) is 6. The van der Waals surface area contributed by atoms with Crippen molar-refractivity contribution in [3.63, 3.8) is 0 Å². The van der Waals surface area contributed by atoms with Gasteiger partial charge in [-0.15, -0.1) is 0 Å². The van der Waals surface area contributed by atoms with Gasteiger partial charge in [-0.25, -0.2) is 13.6 Å². The fraction of sp³-hybridized carbons (Fsp3) is 0.241. The monoisotopic (exact) mass is 518 g/mol. The first kappa shape index (κ1) is 25.4. The van der Waals surface area contributed by atoms with Gasteiger partial charge >= 0.3 is 6.09 Å². The third-order valence-corrected chi connectivity index (χ3v) is 6.85. The van der Waals surface area contributed by atoms with E-state index in [0.717, 1.165) is 48.1 Å². The van der Waals surface area contributed by atoms with Crippen LogP contribution in [0.5, 0.6) is 5.75 Å². The molecule has 38 heavy (non-hydrogen) atoms. The first-order valence-corrected chi connectivity index (χ1v) is 12.3.